The van der Waals surface area contributed by atoms with Gasteiger partial charge in [0.25, 0.3) is 0 Å². The molecule has 33 heavy (non-hydrogen) atoms. The zero-order valence-electron chi connectivity index (χ0n) is 21.1. The Hall–Kier alpha value is -1.17. The quantitative estimate of drug-likeness (QED) is 0.687. The number of nitrogens with zero attached hydrogens (tertiary/aromatic N) is 1. The van der Waals surface area contributed by atoms with Gasteiger partial charge in [0.2, 0.25) is 0 Å². The number of hydrogen-bond donors (Lipinski definition) is 2. The number of rotatable bonds is 5. The summed E-state index contributed by atoms with van der Waals surface area (Å²) in [5, 5.41) is 16.2. The van der Waals surface area contributed by atoms with Gasteiger partial charge in [0.1, 0.15) is 0 Å². The van der Waals surface area contributed by atoms with Crippen molar-refractivity contribution in [1.82, 2.24) is 10.2 Å². The van der Waals surface area contributed by atoms with Gasteiger partial charge < -0.3 is 19.7 Å². The molecule has 0 bridgehead atoms. The van der Waals surface area contributed by atoms with E-state index < -0.39 is 5.60 Å². The third-order valence-electron chi connectivity index (χ3n) is 11.0. The Balaban J connectivity index is 1.33. The van der Waals surface area contributed by atoms with Gasteiger partial charge in [-0.05, 0) is 113 Å². The van der Waals surface area contributed by atoms with Crippen LogP contribution in [0.2, 0.25) is 0 Å². The number of fused-ring (bicyclic) bond motifs is 5. The molecule has 5 heteroatoms. The first-order valence-corrected chi connectivity index (χ1v) is 13.4. The van der Waals surface area contributed by atoms with Gasteiger partial charge in [-0.1, -0.05) is 13.8 Å². The topological polar surface area (TPSA) is 65.7 Å². The molecule has 0 amide bonds. The summed E-state index contributed by atoms with van der Waals surface area (Å²) in [6, 6.07) is 4.13. The molecule has 4 aliphatic rings. The molecular weight excluding hydrogens is 412 g/mol. The van der Waals surface area contributed by atoms with Crippen molar-refractivity contribution in [3.63, 3.8) is 0 Å². The molecule has 8 atom stereocenters. The Kier molecular flexibility index (Phi) is 6.07. The molecule has 2 N–H and O–H groups in total. The maximum Gasteiger partial charge on any atom is 0.335 e. The molecule has 4 saturated carbocycles. The Bertz CT molecular complexity index is 894. The van der Waals surface area contributed by atoms with E-state index in [1.807, 2.05) is 6.07 Å². The average Bonchev–Trinajstić information content (AvgIpc) is 3.05. The van der Waals surface area contributed by atoms with E-state index in [0.717, 1.165) is 50.3 Å². The lowest BCUT2D eigenvalue weighted by atomic mass is 9.43. The van der Waals surface area contributed by atoms with Gasteiger partial charge in [-0.25, -0.2) is 4.79 Å². The van der Waals surface area contributed by atoms with E-state index in [1.165, 1.54) is 32.1 Å². The third kappa shape index (κ3) is 3.73. The van der Waals surface area contributed by atoms with Crippen molar-refractivity contribution in [2.75, 3.05) is 27.2 Å². The standard InChI is InChI=1S/C28H44N2O3/c1-26-12-9-21(29-15-16-30(3)4)17-20(26)6-7-24-23(26)10-13-27(2)22(11-14-28(24,27)32)19-5-8-25(31)33-18-19/h5,8,18,20-24,29,32H,6-7,9-17H2,1-4H3/t20?,21?,22-,23+,24-,26+,27-,28+/m1/s1. The van der Waals surface area contributed by atoms with Crippen LogP contribution in [0.3, 0.4) is 0 Å². The van der Waals surface area contributed by atoms with E-state index in [0.29, 0.717) is 23.3 Å². The SMILES string of the molecule is CN(C)CCNC1CC[C@@]2(C)C(CC[C@@H]3[C@@H]2CC[C@]2(C)[C@@H](c4ccc(=O)oc4)CC[C@]32O)C1. The second-order valence-electron chi connectivity index (χ2n) is 12.6. The van der Waals surface area contributed by atoms with Crippen LogP contribution in [0.5, 0.6) is 0 Å². The Labute approximate surface area is 199 Å². The summed E-state index contributed by atoms with van der Waals surface area (Å²) in [7, 11) is 4.29. The Morgan fingerprint density at radius 3 is 2.61 bits per heavy atom. The lowest BCUT2D eigenvalue weighted by molar-refractivity contribution is -0.202. The minimum absolute atomic E-state index is 0.137. The first kappa shape index (κ1) is 23.6. The molecule has 5 rings (SSSR count). The normalized spacial score (nSPS) is 44.8. The fourth-order valence-electron chi connectivity index (χ4n) is 9.00. The lowest BCUT2D eigenvalue weighted by Crippen LogP contribution is -2.62. The van der Waals surface area contributed by atoms with E-state index in [-0.39, 0.29) is 17.0 Å². The Morgan fingerprint density at radius 1 is 1.06 bits per heavy atom. The summed E-state index contributed by atoms with van der Waals surface area (Å²) in [5.74, 6) is 2.08. The fourth-order valence-corrected chi connectivity index (χ4v) is 9.00. The van der Waals surface area contributed by atoms with Crippen LogP contribution in [-0.4, -0.2) is 48.8 Å². The summed E-state index contributed by atoms with van der Waals surface area (Å²) in [6.07, 6.45) is 12.1. The highest BCUT2D eigenvalue weighted by molar-refractivity contribution is 5.27. The minimum Gasteiger partial charge on any atom is -0.431 e. The predicted octanol–water partition coefficient (Wildman–Crippen LogP) is 4.40. The van der Waals surface area contributed by atoms with Gasteiger partial charge in [0, 0.05) is 30.6 Å². The van der Waals surface area contributed by atoms with Gasteiger partial charge in [0.05, 0.1) is 11.9 Å². The highest BCUT2D eigenvalue weighted by Gasteiger charge is 2.67. The van der Waals surface area contributed by atoms with Gasteiger partial charge in [-0.3, -0.25) is 0 Å². The molecule has 1 heterocycles. The monoisotopic (exact) mass is 456 g/mol. The van der Waals surface area contributed by atoms with Crippen molar-refractivity contribution in [2.24, 2.45) is 28.6 Å². The van der Waals surface area contributed by atoms with Crippen LogP contribution in [0.1, 0.15) is 83.1 Å². The van der Waals surface area contributed by atoms with E-state index >= 15 is 0 Å². The molecule has 0 aliphatic heterocycles. The largest absolute Gasteiger partial charge is 0.431 e. The fraction of sp³-hybridized carbons (Fsp3) is 0.821. The highest BCUT2D eigenvalue weighted by atomic mass is 16.4. The molecule has 2 unspecified atom stereocenters. The molecule has 5 nitrogen and oxygen atoms in total. The second kappa shape index (κ2) is 8.49. The van der Waals surface area contributed by atoms with Crippen LogP contribution in [0, 0.1) is 28.6 Å². The van der Waals surface area contributed by atoms with Crippen molar-refractivity contribution in [2.45, 2.75) is 89.2 Å². The van der Waals surface area contributed by atoms with Gasteiger partial charge in [0.15, 0.2) is 0 Å². The van der Waals surface area contributed by atoms with E-state index in [9.17, 15) is 9.90 Å². The van der Waals surface area contributed by atoms with Crippen molar-refractivity contribution >= 4 is 0 Å². The maximum atomic E-state index is 12.4. The first-order chi connectivity index (χ1) is 15.7. The molecule has 0 saturated heterocycles. The van der Waals surface area contributed by atoms with Crippen LogP contribution in [-0.2, 0) is 0 Å². The summed E-state index contributed by atoms with van der Waals surface area (Å²) < 4.78 is 5.23. The van der Waals surface area contributed by atoms with Gasteiger partial charge >= 0.3 is 5.63 Å². The molecule has 0 spiro atoms. The van der Waals surface area contributed by atoms with Crippen molar-refractivity contribution in [3.05, 3.63) is 34.4 Å². The zero-order chi connectivity index (χ0) is 23.4. The van der Waals surface area contributed by atoms with Crippen molar-refractivity contribution in [3.8, 4) is 0 Å². The van der Waals surface area contributed by atoms with Gasteiger partial charge in [-0.15, -0.1) is 0 Å². The van der Waals surface area contributed by atoms with Crippen LogP contribution in [0.25, 0.3) is 0 Å². The number of aliphatic hydroxyl groups is 1. The smallest absolute Gasteiger partial charge is 0.335 e. The maximum absolute atomic E-state index is 12.4. The summed E-state index contributed by atoms with van der Waals surface area (Å²) in [4.78, 5) is 13.8. The van der Waals surface area contributed by atoms with Crippen molar-refractivity contribution < 1.29 is 9.52 Å². The molecule has 4 fully saturated rings. The molecular formula is C28H44N2O3. The zero-order valence-corrected chi connectivity index (χ0v) is 21.1. The van der Waals surface area contributed by atoms with Crippen molar-refractivity contribution in [1.29, 1.82) is 0 Å². The second-order valence-corrected chi connectivity index (χ2v) is 12.6. The van der Waals surface area contributed by atoms with E-state index in [2.05, 4.69) is 38.2 Å². The number of likely N-dealkylation sites (N-methyl/N-ethyl adjacent to an activating group) is 1. The molecule has 184 valence electrons. The number of nitrogens with one attached hydrogen (secondary N) is 1. The minimum atomic E-state index is -0.606. The molecule has 1 aromatic rings. The van der Waals surface area contributed by atoms with Crippen LogP contribution in [0.15, 0.2) is 27.6 Å². The van der Waals surface area contributed by atoms with Gasteiger partial charge in [-0.2, -0.15) is 0 Å². The summed E-state index contributed by atoms with van der Waals surface area (Å²) >= 11 is 0. The van der Waals surface area contributed by atoms with Crippen LogP contribution in [0.4, 0.5) is 0 Å². The summed E-state index contributed by atoms with van der Waals surface area (Å²) in [5.41, 5.74) is 0.417. The first-order valence-electron chi connectivity index (χ1n) is 13.4. The molecule has 4 aliphatic carbocycles. The van der Waals surface area contributed by atoms with Crippen LogP contribution >= 0.6 is 0 Å². The summed E-state index contributed by atoms with van der Waals surface area (Å²) in [6.45, 7) is 7.06. The molecule has 0 radical (unpaired) electrons. The molecule has 1 aromatic heterocycles. The van der Waals surface area contributed by atoms with E-state index in [4.69, 9.17) is 4.42 Å². The van der Waals surface area contributed by atoms with Crippen LogP contribution < -0.4 is 10.9 Å². The molecule has 0 aromatic carbocycles. The highest BCUT2D eigenvalue weighted by Crippen LogP contribution is 2.70. The Morgan fingerprint density at radius 2 is 1.88 bits per heavy atom. The predicted molar refractivity (Wildman–Crippen MR) is 131 cm³/mol. The lowest BCUT2D eigenvalue weighted by Gasteiger charge is -2.64. The number of hydrogen-bond acceptors (Lipinski definition) is 5. The average molecular weight is 457 g/mol. The third-order valence-corrected chi connectivity index (χ3v) is 11.0. The van der Waals surface area contributed by atoms with E-state index in [1.54, 1.807) is 12.3 Å².